The fourth-order valence-corrected chi connectivity index (χ4v) is 8.86. The summed E-state index contributed by atoms with van der Waals surface area (Å²) in [6, 6.07) is 0. The van der Waals surface area contributed by atoms with Crippen molar-refractivity contribution < 1.29 is 28.6 Å². The van der Waals surface area contributed by atoms with Gasteiger partial charge in [0.2, 0.25) is 0 Å². The van der Waals surface area contributed by atoms with Crippen molar-refractivity contribution in [2.75, 3.05) is 13.2 Å². The van der Waals surface area contributed by atoms with Gasteiger partial charge >= 0.3 is 17.9 Å². The smallest absolute Gasteiger partial charge is 0.306 e. The Labute approximate surface area is 423 Å². The molecule has 0 amide bonds. The molecule has 6 heteroatoms. The number of hydrogen-bond donors (Lipinski definition) is 0. The Morgan fingerprint density at radius 2 is 0.529 bits per heavy atom. The van der Waals surface area contributed by atoms with E-state index in [1.807, 2.05) is 0 Å². The topological polar surface area (TPSA) is 78.9 Å². The standard InChI is InChI=1S/C62H114O6/c1-4-7-10-13-16-19-22-25-28-30-31-33-34-37-40-43-46-49-52-55-61(64)67-58-59(57-66-60(63)54-51-48-45-42-39-36-27-24-21-18-15-12-9-6-3)68-62(65)56-53-50-47-44-41-38-35-32-29-26-23-20-17-14-11-8-5-2/h16,19,25,28,31,33,59H,4-15,17-18,20-24,26-27,29-30,32,34-58H2,1-3H3/b19-16-,28-25-,33-31-. The lowest BCUT2D eigenvalue weighted by molar-refractivity contribution is -0.167. The predicted molar refractivity (Wildman–Crippen MR) is 293 cm³/mol. The summed E-state index contributed by atoms with van der Waals surface area (Å²) in [5.41, 5.74) is 0. The van der Waals surface area contributed by atoms with Crippen molar-refractivity contribution in [2.45, 2.75) is 329 Å². The number of rotatable bonds is 55. The lowest BCUT2D eigenvalue weighted by Gasteiger charge is -2.18. The first-order valence-corrected chi connectivity index (χ1v) is 30.0. The molecule has 0 saturated carbocycles. The number of carbonyl (C=O) groups excluding carboxylic acids is 3. The monoisotopic (exact) mass is 955 g/mol. The zero-order chi connectivity index (χ0) is 49.3. The van der Waals surface area contributed by atoms with E-state index in [0.29, 0.717) is 19.3 Å². The maximum absolute atomic E-state index is 12.9. The zero-order valence-corrected chi connectivity index (χ0v) is 45.6. The summed E-state index contributed by atoms with van der Waals surface area (Å²) in [5.74, 6) is -0.862. The second-order valence-corrected chi connectivity index (χ2v) is 20.3. The van der Waals surface area contributed by atoms with Crippen molar-refractivity contribution in [3.05, 3.63) is 36.5 Å². The number of ether oxygens (including phenoxy) is 3. The number of esters is 3. The van der Waals surface area contributed by atoms with Crippen molar-refractivity contribution in [1.29, 1.82) is 0 Å². The first-order valence-electron chi connectivity index (χ1n) is 30.0. The highest BCUT2D eigenvalue weighted by molar-refractivity contribution is 5.71. The van der Waals surface area contributed by atoms with Gasteiger partial charge in [-0.05, 0) is 57.8 Å². The molecule has 6 nitrogen and oxygen atoms in total. The maximum Gasteiger partial charge on any atom is 0.306 e. The molecule has 0 spiro atoms. The second-order valence-electron chi connectivity index (χ2n) is 20.3. The molecule has 0 bridgehead atoms. The normalized spacial score (nSPS) is 12.2. The minimum Gasteiger partial charge on any atom is -0.462 e. The summed E-state index contributed by atoms with van der Waals surface area (Å²) in [4.78, 5) is 38.2. The van der Waals surface area contributed by atoms with E-state index in [4.69, 9.17) is 14.2 Å². The van der Waals surface area contributed by atoms with Crippen molar-refractivity contribution in [3.8, 4) is 0 Å². The minimum absolute atomic E-state index is 0.0712. The van der Waals surface area contributed by atoms with Gasteiger partial charge in [-0.25, -0.2) is 0 Å². The summed E-state index contributed by atoms with van der Waals surface area (Å²) in [6.07, 6.45) is 68.4. The molecule has 0 aliphatic rings. The van der Waals surface area contributed by atoms with Crippen LogP contribution in [0.4, 0.5) is 0 Å². The molecule has 1 unspecified atom stereocenters. The van der Waals surface area contributed by atoms with E-state index in [9.17, 15) is 14.4 Å². The Morgan fingerprint density at radius 1 is 0.294 bits per heavy atom. The molecule has 398 valence electrons. The fourth-order valence-electron chi connectivity index (χ4n) is 8.86. The Balaban J connectivity index is 4.35. The van der Waals surface area contributed by atoms with Gasteiger partial charge in [0, 0.05) is 19.3 Å². The molecule has 0 N–H and O–H groups in total. The van der Waals surface area contributed by atoms with Crippen molar-refractivity contribution >= 4 is 17.9 Å². The summed E-state index contributed by atoms with van der Waals surface area (Å²) in [5, 5.41) is 0. The van der Waals surface area contributed by atoms with Crippen LogP contribution in [0.5, 0.6) is 0 Å². The molecule has 0 rings (SSSR count). The number of allylic oxidation sites excluding steroid dienone is 6. The van der Waals surface area contributed by atoms with Crippen molar-refractivity contribution in [3.63, 3.8) is 0 Å². The van der Waals surface area contributed by atoms with Gasteiger partial charge in [-0.2, -0.15) is 0 Å². The van der Waals surface area contributed by atoms with Gasteiger partial charge in [-0.1, -0.05) is 282 Å². The summed E-state index contributed by atoms with van der Waals surface area (Å²) < 4.78 is 16.9. The van der Waals surface area contributed by atoms with Crippen LogP contribution in [0.2, 0.25) is 0 Å². The van der Waals surface area contributed by atoms with E-state index in [2.05, 4.69) is 57.2 Å². The fraction of sp³-hybridized carbons (Fsp3) is 0.855. The molecule has 0 saturated heterocycles. The van der Waals surface area contributed by atoms with Crippen molar-refractivity contribution in [1.82, 2.24) is 0 Å². The molecule has 0 aliphatic carbocycles. The van der Waals surface area contributed by atoms with Crippen LogP contribution in [0.15, 0.2) is 36.5 Å². The summed E-state index contributed by atoms with van der Waals surface area (Å²) in [6.45, 7) is 6.65. The van der Waals surface area contributed by atoms with Crippen LogP contribution >= 0.6 is 0 Å². The average Bonchev–Trinajstić information content (AvgIpc) is 3.34. The molecule has 1 atom stereocenters. The van der Waals surface area contributed by atoms with Gasteiger partial charge in [-0.3, -0.25) is 14.4 Å². The van der Waals surface area contributed by atoms with E-state index < -0.39 is 6.10 Å². The number of unbranched alkanes of at least 4 members (excludes halogenated alkanes) is 38. The van der Waals surface area contributed by atoms with Crippen LogP contribution < -0.4 is 0 Å². The third-order valence-corrected chi connectivity index (χ3v) is 13.4. The molecule has 0 aromatic rings. The van der Waals surface area contributed by atoms with Gasteiger partial charge in [0.25, 0.3) is 0 Å². The molecule has 0 fully saturated rings. The summed E-state index contributed by atoms with van der Waals surface area (Å²) >= 11 is 0. The van der Waals surface area contributed by atoms with Crippen LogP contribution in [0.25, 0.3) is 0 Å². The quantitative estimate of drug-likeness (QED) is 0.0262. The zero-order valence-electron chi connectivity index (χ0n) is 45.6. The molecule has 0 radical (unpaired) electrons. The van der Waals surface area contributed by atoms with Crippen LogP contribution in [0.1, 0.15) is 323 Å². The Kier molecular flexibility index (Phi) is 55.2. The highest BCUT2D eigenvalue weighted by atomic mass is 16.6. The second kappa shape index (κ2) is 57.2. The molecule has 68 heavy (non-hydrogen) atoms. The third kappa shape index (κ3) is 54.6. The summed E-state index contributed by atoms with van der Waals surface area (Å²) in [7, 11) is 0. The molecule has 0 heterocycles. The van der Waals surface area contributed by atoms with E-state index >= 15 is 0 Å². The third-order valence-electron chi connectivity index (χ3n) is 13.4. The predicted octanol–water partition coefficient (Wildman–Crippen LogP) is 20.0. The van der Waals surface area contributed by atoms with Crippen LogP contribution in [0, 0.1) is 0 Å². The molecular weight excluding hydrogens is 841 g/mol. The molecule has 0 aromatic carbocycles. The van der Waals surface area contributed by atoms with Gasteiger partial charge < -0.3 is 14.2 Å². The van der Waals surface area contributed by atoms with E-state index in [1.165, 1.54) is 205 Å². The minimum atomic E-state index is -0.773. The highest BCUT2D eigenvalue weighted by Gasteiger charge is 2.19. The van der Waals surface area contributed by atoms with Gasteiger partial charge in [0.1, 0.15) is 13.2 Å². The average molecular weight is 956 g/mol. The van der Waals surface area contributed by atoms with Crippen LogP contribution in [-0.2, 0) is 28.6 Å². The van der Waals surface area contributed by atoms with E-state index in [-0.39, 0.29) is 31.1 Å². The lowest BCUT2D eigenvalue weighted by atomic mass is 10.0. The number of carbonyl (C=O) groups is 3. The molecule has 0 aliphatic heterocycles. The van der Waals surface area contributed by atoms with E-state index in [0.717, 1.165) is 77.0 Å². The van der Waals surface area contributed by atoms with Gasteiger partial charge in [0.15, 0.2) is 6.10 Å². The van der Waals surface area contributed by atoms with Gasteiger partial charge in [0.05, 0.1) is 0 Å². The SMILES string of the molecule is CCCCC/C=C\C/C=C\C/C=C\CCCCCCCCC(=O)OCC(COC(=O)CCCCCCCCCCCCCCCC)OC(=O)CCCCCCCCCCCCCCCCCCC. The molecule has 0 aromatic heterocycles. The van der Waals surface area contributed by atoms with Crippen LogP contribution in [-0.4, -0.2) is 37.2 Å². The first kappa shape index (κ1) is 65.6. The number of hydrogen-bond acceptors (Lipinski definition) is 6. The van der Waals surface area contributed by atoms with Crippen molar-refractivity contribution in [2.24, 2.45) is 0 Å². The van der Waals surface area contributed by atoms with Gasteiger partial charge in [-0.15, -0.1) is 0 Å². The van der Waals surface area contributed by atoms with Crippen LogP contribution in [0.3, 0.4) is 0 Å². The molecular formula is C62H114O6. The Hall–Kier alpha value is -2.37. The largest absolute Gasteiger partial charge is 0.462 e. The Bertz CT molecular complexity index is 1140. The maximum atomic E-state index is 12.9. The highest BCUT2D eigenvalue weighted by Crippen LogP contribution is 2.17. The van der Waals surface area contributed by atoms with E-state index in [1.54, 1.807) is 0 Å². The first-order chi connectivity index (χ1) is 33.5. The Morgan fingerprint density at radius 3 is 0.853 bits per heavy atom. The lowest BCUT2D eigenvalue weighted by Crippen LogP contribution is -2.30.